The summed E-state index contributed by atoms with van der Waals surface area (Å²) in [6.45, 7) is 2.80. The number of allylic oxidation sites excluding steroid dienone is 2. The van der Waals surface area contributed by atoms with Gasteiger partial charge in [0, 0.05) is 12.8 Å². The highest BCUT2D eigenvalue weighted by Gasteiger charge is 2.28. The van der Waals surface area contributed by atoms with Gasteiger partial charge in [-0.3, -0.25) is 23.4 Å². The van der Waals surface area contributed by atoms with Crippen molar-refractivity contribution in [1.82, 2.24) is 0 Å². The highest BCUT2D eigenvalue weighted by molar-refractivity contribution is 7.47. The summed E-state index contributed by atoms with van der Waals surface area (Å²) in [4.78, 5) is 45.9. The Balaban J connectivity index is 4.34. The Morgan fingerprint density at radius 3 is 1.38 bits per heavy atom. The number of ether oxygens (including phenoxy) is 2. The lowest BCUT2D eigenvalue weighted by Gasteiger charge is -2.20. The minimum absolute atomic E-state index is 0.143. The molecule has 0 aliphatic carbocycles. The number of aliphatic carboxylic acids is 1. The SMILES string of the molecule is CCCCCCCCCCCCCC=CCCC(=O)OCC(COP(=O)(O)OCC(N)C(=O)O)OC(=O)CCCCCCCCCCCCCCCCCCC. The average molecular weight is 818 g/mol. The molecule has 56 heavy (non-hydrogen) atoms. The van der Waals surface area contributed by atoms with E-state index in [9.17, 15) is 23.8 Å². The molecule has 0 rings (SSSR count). The average Bonchev–Trinajstić information content (AvgIpc) is 3.17. The van der Waals surface area contributed by atoms with Gasteiger partial charge < -0.3 is 25.2 Å². The van der Waals surface area contributed by atoms with Gasteiger partial charge in [-0.15, -0.1) is 0 Å². The smallest absolute Gasteiger partial charge is 0.472 e. The first-order valence-corrected chi connectivity index (χ1v) is 24.2. The second-order valence-electron chi connectivity index (χ2n) is 15.5. The molecule has 0 saturated heterocycles. The van der Waals surface area contributed by atoms with Crippen molar-refractivity contribution in [2.45, 2.75) is 231 Å². The fourth-order valence-corrected chi connectivity index (χ4v) is 7.22. The van der Waals surface area contributed by atoms with E-state index >= 15 is 0 Å². The summed E-state index contributed by atoms with van der Waals surface area (Å²) < 4.78 is 32.7. The van der Waals surface area contributed by atoms with Crippen LogP contribution in [0.25, 0.3) is 0 Å². The Bertz CT molecular complexity index is 1010. The van der Waals surface area contributed by atoms with E-state index in [-0.39, 0.29) is 19.4 Å². The third kappa shape index (κ3) is 39.1. The summed E-state index contributed by atoms with van der Waals surface area (Å²) in [5.41, 5.74) is 5.33. The van der Waals surface area contributed by atoms with Gasteiger partial charge in [-0.25, -0.2) is 4.57 Å². The molecule has 330 valence electrons. The van der Waals surface area contributed by atoms with Crippen molar-refractivity contribution >= 4 is 25.7 Å². The van der Waals surface area contributed by atoms with Crippen molar-refractivity contribution in [3.63, 3.8) is 0 Å². The lowest BCUT2D eigenvalue weighted by atomic mass is 10.0. The largest absolute Gasteiger partial charge is 0.480 e. The van der Waals surface area contributed by atoms with Crippen molar-refractivity contribution in [2.24, 2.45) is 5.73 Å². The number of carbonyl (C=O) groups excluding carboxylic acids is 2. The number of carboxylic acids is 1. The number of hydrogen-bond donors (Lipinski definition) is 3. The van der Waals surface area contributed by atoms with Crippen LogP contribution in [0.4, 0.5) is 0 Å². The second kappa shape index (κ2) is 40.0. The van der Waals surface area contributed by atoms with Crippen LogP contribution in [0.15, 0.2) is 12.2 Å². The van der Waals surface area contributed by atoms with Crippen LogP contribution < -0.4 is 5.73 Å². The van der Waals surface area contributed by atoms with Gasteiger partial charge in [-0.2, -0.15) is 0 Å². The van der Waals surface area contributed by atoms with E-state index in [1.54, 1.807) is 0 Å². The Kier molecular flexibility index (Phi) is 38.7. The topological polar surface area (TPSA) is 172 Å². The van der Waals surface area contributed by atoms with E-state index in [1.807, 2.05) is 6.08 Å². The van der Waals surface area contributed by atoms with E-state index in [0.29, 0.717) is 12.8 Å². The van der Waals surface area contributed by atoms with Gasteiger partial charge >= 0.3 is 25.7 Å². The van der Waals surface area contributed by atoms with Crippen molar-refractivity contribution in [1.29, 1.82) is 0 Å². The van der Waals surface area contributed by atoms with Crippen LogP contribution in [0.5, 0.6) is 0 Å². The Morgan fingerprint density at radius 2 is 0.929 bits per heavy atom. The zero-order valence-corrected chi connectivity index (χ0v) is 36.6. The lowest BCUT2D eigenvalue weighted by molar-refractivity contribution is -0.161. The Morgan fingerprint density at radius 1 is 0.536 bits per heavy atom. The number of carbonyl (C=O) groups is 3. The minimum Gasteiger partial charge on any atom is -0.480 e. The molecule has 3 atom stereocenters. The van der Waals surface area contributed by atoms with Gasteiger partial charge in [0.2, 0.25) is 0 Å². The quantitative estimate of drug-likeness (QED) is 0.0231. The van der Waals surface area contributed by atoms with Gasteiger partial charge in [0.15, 0.2) is 6.10 Å². The summed E-state index contributed by atoms with van der Waals surface area (Å²) in [7, 11) is -4.72. The first-order valence-electron chi connectivity index (χ1n) is 22.7. The normalized spacial score (nSPS) is 13.8. The maximum Gasteiger partial charge on any atom is 0.472 e. The Hall–Kier alpha value is -1.78. The van der Waals surface area contributed by atoms with Crippen molar-refractivity contribution in [3.05, 3.63) is 12.2 Å². The minimum atomic E-state index is -4.72. The first-order chi connectivity index (χ1) is 27.1. The van der Waals surface area contributed by atoms with Gasteiger partial charge in [-0.05, 0) is 25.7 Å². The fourth-order valence-electron chi connectivity index (χ4n) is 6.44. The van der Waals surface area contributed by atoms with E-state index in [2.05, 4.69) is 24.4 Å². The number of hydrogen-bond acceptors (Lipinski definition) is 9. The summed E-state index contributed by atoms with van der Waals surface area (Å²) in [6, 6.07) is -1.52. The molecule has 0 aliphatic heterocycles. The van der Waals surface area contributed by atoms with Crippen LogP contribution in [0, 0.1) is 0 Å². The van der Waals surface area contributed by atoms with Gasteiger partial charge in [-0.1, -0.05) is 193 Å². The van der Waals surface area contributed by atoms with Crippen LogP contribution in [0.2, 0.25) is 0 Å². The predicted molar refractivity (Wildman–Crippen MR) is 226 cm³/mol. The predicted octanol–water partition coefficient (Wildman–Crippen LogP) is 12.1. The molecule has 0 amide bonds. The third-order valence-corrected chi connectivity index (χ3v) is 11.0. The maximum atomic E-state index is 12.6. The van der Waals surface area contributed by atoms with Gasteiger partial charge in [0.25, 0.3) is 0 Å². The summed E-state index contributed by atoms with van der Waals surface area (Å²) >= 11 is 0. The van der Waals surface area contributed by atoms with Crippen molar-refractivity contribution < 1.29 is 47.5 Å². The molecule has 12 heteroatoms. The Labute approximate surface area is 341 Å². The molecule has 0 aliphatic rings. The first kappa shape index (κ1) is 54.2. The number of unbranched alkanes of at least 4 members (excludes halogenated alkanes) is 27. The van der Waals surface area contributed by atoms with Crippen LogP contribution >= 0.6 is 7.82 Å². The van der Waals surface area contributed by atoms with Crippen molar-refractivity contribution in [2.75, 3.05) is 19.8 Å². The van der Waals surface area contributed by atoms with E-state index < -0.39 is 51.1 Å². The number of phosphoric ester groups is 1. The molecule has 0 saturated carbocycles. The van der Waals surface area contributed by atoms with Crippen LogP contribution in [-0.2, 0) is 37.5 Å². The van der Waals surface area contributed by atoms with Gasteiger partial charge in [0.1, 0.15) is 12.6 Å². The molecular formula is C44H84NO10P. The molecule has 0 spiro atoms. The molecule has 0 fully saturated rings. The summed E-state index contributed by atoms with van der Waals surface area (Å²) in [5.74, 6) is -2.42. The van der Waals surface area contributed by atoms with E-state index in [0.717, 1.165) is 32.1 Å². The summed E-state index contributed by atoms with van der Waals surface area (Å²) in [5, 5.41) is 8.89. The highest BCUT2D eigenvalue weighted by Crippen LogP contribution is 2.43. The number of rotatable bonds is 43. The lowest BCUT2D eigenvalue weighted by Crippen LogP contribution is -2.34. The van der Waals surface area contributed by atoms with Crippen molar-refractivity contribution in [3.8, 4) is 0 Å². The molecule has 3 unspecified atom stereocenters. The molecule has 0 aromatic carbocycles. The molecule has 4 N–H and O–H groups in total. The van der Waals surface area contributed by atoms with Crippen LogP contribution in [0.3, 0.4) is 0 Å². The molecule has 0 aromatic rings. The number of carboxylic acid groups (broad SMARTS) is 1. The summed E-state index contributed by atoms with van der Waals surface area (Å²) in [6.07, 6.45) is 40.0. The molecule has 0 bridgehead atoms. The van der Waals surface area contributed by atoms with E-state index in [1.165, 1.54) is 148 Å². The maximum absolute atomic E-state index is 12.6. The number of nitrogens with two attached hydrogens (primary N) is 1. The number of esters is 2. The molecule has 0 aromatic heterocycles. The van der Waals surface area contributed by atoms with Crippen LogP contribution in [0.1, 0.15) is 219 Å². The zero-order valence-electron chi connectivity index (χ0n) is 35.7. The zero-order chi connectivity index (χ0) is 41.4. The molecular weight excluding hydrogens is 733 g/mol. The molecule has 0 radical (unpaired) electrons. The van der Waals surface area contributed by atoms with Crippen LogP contribution in [-0.4, -0.2) is 59.9 Å². The van der Waals surface area contributed by atoms with E-state index in [4.69, 9.17) is 24.8 Å². The van der Waals surface area contributed by atoms with Gasteiger partial charge in [0.05, 0.1) is 13.2 Å². The highest BCUT2D eigenvalue weighted by atomic mass is 31.2. The fraction of sp³-hybridized carbons (Fsp3) is 0.886. The number of phosphoric acid groups is 1. The standard InChI is InChI=1S/C44H84NO10P/c1-3-5-7-9-11-13-15-17-19-20-22-24-26-28-30-32-34-36-43(47)55-40(38-53-56(50,51)54-39-41(45)44(48)49)37-52-42(46)35-33-31-29-27-25-23-21-18-16-14-12-10-8-6-4-2/h29,31,40-41H,3-28,30,32-39,45H2,1-2H3,(H,48,49)(H,50,51). The molecule has 0 heterocycles. The second-order valence-corrected chi connectivity index (χ2v) is 17.0. The third-order valence-electron chi connectivity index (χ3n) is 10.0. The monoisotopic (exact) mass is 818 g/mol. The molecule has 11 nitrogen and oxygen atoms in total.